The maximum absolute atomic E-state index is 12.0. The highest BCUT2D eigenvalue weighted by Crippen LogP contribution is 2.21. The monoisotopic (exact) mass is 385 g/mol. The topological polar surface area (TPSA) is 122 Å². The summed E-state index contributed by atoms with van der Waals surface area (Å²) in [5.74, 6) is -1.80. The van der Waals surface area contributed by atoms with Crippen LogP contribution in [0.1, 0.15) is 24.5 Å². The van der Waals surface area contributed by atoms with E-state index in [4.69, 9.17) is 0 Å². The normalized spacial score (nSPS) is 12.7. The van der Waals surface area contributed by atoms with Crippen molar-refractivity contribution in [3.05, 3.63) is 69.8 Å². The highest BCUT2D eigenvalue weighted by atomic mass is 16.6. The van der Waals surface area contributed by atoms with Crippen molar-refractivity contribution in [3.8, 4) is 0 Å². The fourth-order valence-corrected chi connectivity index (χ4v) is 2.58. The molecule has 0 saturated carbocycles. The largest absolute Gasteiger partial charge is 0.388 e. The smallest absolute Gasteiger partial charge is 0.313 e. The summed E-state index contributed by atoms with van der Waals surface area (Å²) in [5.41, 5.74) is 0.566. The minimum absolute atomic E-state index is 0.0780. The molecule has 3 N–H and O–H groups in total. The van der Waals surface area contributed by atoms with E-state index in [0.717, 1.165) is 5.56 Å². The van der Waals surface area contributed by atoms with Crippen LogP contribution in [0.2, 0.25) is 0 Å². The Morgan fingerprint density at radius 1 is 1.14 bits per heavy atom. The third kappa shape index (κ3) is 6.17. The summed E-state index contributed by atoms with van der Waals surface area (Å²) in [6.07, 6.45) is 1.05. The molecule has 148 valence electrons. The van der Waals surface area contributed by atoms with E-state index in [1.54, 1.807) is 13.8 Å². The Bertz CT molecular complexity index is 865. The van der Waals surface area contributed by atoms with Crippen molar-refractivity contribution in [1.82, 2.24) is 5.32 Å². The van der Waals surface area contributed by atoms with Gasteiger partial charge in [0.1, 0.15) is 0 Å². The number of nitrogens with one attached hydrogen (secondary N) is 2. The van der Waals surface area contributed by atoms with Gasteiger partial charge < -0.3 is 15.7 Å². The van der Waals surface area contributed by atoms with Crippen LogP contribution in [0.15, 0.2) is 48.5 Å². The number of amides is 2. The molecule has 0 aliphatic rings. The summed E-state index contributed by atoms with van der Waals surface area (Å²) in [5, 5.41) is 26.0. The van der Waals surface area contributed by atoms with E-state index >= 15 is 0 Å². The molecule has 1 unspecified atom stereocenters. The van der Waals surface area contributed by atoms with E-state index in [-0.39, 0.29) is 12.2 Å². The third-order valence-corrected chi connectivity index (χ3v) is 4.30. The second-order valence-electron chi connectivity index (χ2n) is 6.88. The van der Waals surface area contributed by atoms with Gasteiger partial charge in [-0.1, -0.05) is 30.3 Å². The molecule has 0 fully saturated rings. The molecule has 1 atom stereocenters. The van der Waals surface area contributed by atoms with Crippen LogP contribution in [0.5, 0.6) is 0 Å². The molecule has 28 heavy (non-hydrogen) atoms. The molecule has 8 nitrogen and oxygen atoms in total. The first-order valence-electron chi connectivity index (χ1n) is 8.78. The van der Waals surface area contributed by atoms with Crippen molar-refractivity contribution in [1.29, 1.82) is 0 Å². The van der Waals surface area contributed by atoms with Crippen molar-refractivity contribution in [3.63, 3.8) is 0 Å². The molecule has 2 amide bonds. The number of rotatable bonds is 7. The molecule has 0 heterocycles. The van der Waals surface area contributed by atoms with Crippen molar-refractivity contribution in [2.45, 2.75) is 32.3 Å². The molecule has 0 radical (unpaired) electrons. The number of hydrogen-bond donors (Lipinski definition) is 3. The Labute approximate surface area is 162 Å². The number of carbonyl (C=O) groups is 2. The van der Waals surface area contributed by atoms with Gasteiger partial charge in [-0.25, -0.2) is 0 Å². The van der Waals surface area contributed by atoms with Crippen LogP contribution in [-0.4, -0.2) is 34.0 Å². The maximum atomic E-state index is 12.0. The van der Waals surface area contributed by atoms with Crippen molar-refractivity contribution < 1.29 is 19.6 Å². The first-order chi connectivity index (χ1) is 13.2. The number of anilines is 1. The number of nitrogens with zero attached hydrogens (tertiary/aromatic N) is 1. The van der Waals surface area contributed by atoms with Gasteiger partial charge in [0, 0.05) is 24.4 Å². The number of aliphatic hydroxyl groups is 1. The van der Waals surface area contributed by atoms with Crippen LogP contribution in [0.4, 0.5) is 11.4 Å². The molecular weight excluding hydrogens is 362 g/mol. The molecular formula is C20H23N3O5. The number of nitro groups is 1. The van der Waals surface area contributed by atoms with Gasteiger partial charge in [0.15, 0.2) is 0 Å². The SMILES string of the molecule is Cc1cc([N+](=O)[O-])ccc1NC(=O)C(=O)NCC(C)(O)CCc1ccccc1. The number of non-ortho nitro benzene ring substituents is 1. The minimum atomic E-state index is -1.17. The summed E-state index contributed by atoms with van der Waals surface area (Å²) in [4.78, 5) is 34.3. The summed E-state index contributed by atoms with van der Waals surface area (Å²) in [7, 11) is 0. The van der Waals surface area contributed by atoms with E-state index in [2.05, 4.69) is 10.6 Å². The number of carbonyl (C=O) groups excluding carboxylic acids is 2. The van der Waals surface area contributed by atoms with Crippen LogP contribution in [0.25, 0.3) is 0 Å². The molecule has 0 bridgehead atoms. The van der Waals surface area contributed by atoms with E-state index in [0.29, 0.717) is 24.1 Å². The number of aryl methyl sites for hydroxylation is 2. The van der Waals surface area contributed by atoms with Crippen molar-refractivity contribution in [2.24, 2.45) is 0 Å². The molecule has 0 saturated heterocycles. The Morgan fingerprint density at radius 3 is 2.43 bits per heavy atom. The number of nitro benzene ring substituents is 1. The van der Waals surface area contributed by atoms with E-state index in [1.165, 1.54) is 18.2 Å². The van der Waals surface area contributed by atoms with Gasteiger partial charge >= 0.3 is 11.8 Å². The number of benzene rings is 2. The Hall–Kier alpha value is -3.26. The lowest BCUT2D eigenvalue weighted by Crippen LogP contribution is -2.44. The van der Waals surface area contributed by atoms with Crippen molar-refractivity contribution in [2.75, 3.05) is 11.9 Å². The molecule has 0 aromatic heterocycles. The van der Waals surface area contributed by atoms with Gasteiger partial charge in [-0.2, -0.15) is 0 Å². The summed E-state index contributed by atoms with van der Waals surface area (Å²) in [6, 6.07) is 13.6. The zero-order chi connectivity index (χ0) is 20.7. The molecule has 2 aromatic carbocycles. The van der Waals surface area contributed by atoms with Crippen LogP contribution in [0, 0.1) is 17.0 Å². The first kappa shape index (κ1) is 21.0. The highest BCUT2D eigenvalue weighted by molar-refractivity contribution is 6.39. The molecule has 8 heteroatoms. The van der Waals surface area contributed by atoms with Crippen LogP contribution in [0.3, 0.4) is 0 Å². The average molecular weight is 385 g/mol. The van der Waals surface area contributed by atoms with Crippen molar-refractivity contribution >= 4 is 23.2 Å². The average Bonchev–Trinajstić information content (AvgIpc) is 2.67. The second-order valence-corrected chi connectivity index (χ2v) is 6.88. The van der Waals surface area contributed by atoms with Gasteiger partial charge in [0.2, 0.25) is 0 Å². The van der Waals surface area contributed by atoms with Gasteiger partial charge in [0.25, 0.3) is 5.69 Å². The third-order valence-electron chi connectivity index (χ3n) is 4.30. The zero-order valence-electron chi connectivity index (χ0n) is 15.8. The maximum Gasteiger partial charge on any atom is 0.313 e. The molecule has 0 aliphatic heterocycles. The Morgan fingerprint density at radius 2 is 1.82 bits per heavy atom. The second kappa shape index (κ2) is 9.09. The summed E-state index contributed by atoms with van der Waals surface area (Å²) >= 11 is 0. The number of hydrogen-bond acceptors (Lipinski definition) is 5. The van der Waals surface area contributed by atoms with E-state index in [1.807, 2.05) is 30.3 Å². The molecule has 0 aliphatic carbocycles. The lowest BCUT2D eigenvalue weighted by atomic mass is 9.97. The molecule has 0 spiro atoms. The predicted molar refractivity (Wildman–Crippen MR) is 105 cm³/mol. The first-order valence-corrected chi connectivity index (χ1v) is 8.78. The molecule has 2 aromatic rings. The Kier molecular flexibility index (Phi) is 6.84. The van der Waals surface area contributed by atoms with Gasteiger partial charge in [-0.15, -0.1) is 0 Å². The van der Waals surface area contributed by atoms with Crippen LogP contribution >= 0.6 is 0 Å². The lowest BCUT2D eigenvalue weighted by Gasteiger charge is -2.23. The van der Waals surface area contributed by atoms with E-state index in [9.17, 15) is 24.8 Å². The Balaban J connectivity index is 1.86. The minimum Gasteiger partial charge on any atom is -0.388 e. The van der Waals surface area contributed by atoms with Gasteiger partial charge in [-0.05, 0) is 43.9 Å². The van der Waals surface area contributed by atoms with E-state index < -0.39 is 22.3 Å². The van der Waals surface area contributed by atoms with Crippen LogP contribution in [-0.2, 0) is 16.0 Å². The summed E-state index contributed by atoms with van der Waals surface area (Å²) < 4.78 is 0. The zero-order valence-corrected chi connectivity index (χ0v) is 15.8. The lowest BCUT2D eigenvalue weighted by molar-refractivity contribution is -0.384. The van der Waals surface area contributed by atoms with Gasteiger partial charge in [0.05, 0.1) is 10.5 Å². The highest BCUT2D eigenvalue weighted by Gasteiger charge is 2.23. The predicted octanol–water partition coefficient (Wildman–Crippen LogP) is 2.34. The fraction of sp³-hybridized carbons (Fsp3) is 0.300. The standard InChI is InChI=1S/C20H23N3O5/c1-14-12-16(23(27)28)8-9-17(14)22-19(25)18(24)21-13-20(2,26)11-10-15-6-4-3-5-7-15/h3-9,12,26H,10-11,13H2,1-2H3,(H,21,24)(H,22,25). The van der Waals surface area contributed by atoms with Crippen LogP contribution < -0.4 is 10.6 Å². The van der Waals surface area contributed by atoms with Gasteiger partial charge in [-0.3, -0.25) is 19.7 Å². The molecule has 2 rings (SSSR count). The fourth-order valence-electron chi connectivity index (χ4n) is 2.58. The quantitative estimate of drug-likeness (QED) is 0.384. The summed E-state index contributed by atoms with van der Waals surface area (Å²) in [6.45, 7) is 3.11.